The maximum Gasteiger partial charge on any atom is 0.0146 e. The van der Waals surface area contributed by atoms with Crippen LogP contribution in [0.3, 0.4) is 0 Å². The molecule has 0 aliphatic rings. The van der Waals surface area contributed by atoms with Crippen LogP contribution in [0.2, 0.25) is 0 Å². The van der Waals surface area contributed by atoms with Gasteiger partial charge >= 0.3 is 0 Å². The Hall–Kier alpha value is -1.91. The Morgan fingerprint density at radius 3 is 1.65 bits per heavy atom. The van der Waals surface area contributed by atoms with E-state index in [4.69, 9.17) is 0 Å². The van der Waals surface area contributed by atoms with Crippen LogP contribution >= 0.6 is 8.58 Å². The molecule has 0 saturated carbocycles. The molecule has 0 heterocycles. The number of rotatable bonds is 4. The molecule has 1 unspecified atom stereocenters. The number of hydrogen-bond donors (Lipinski definition) is 0. The second-order valence-corrected chi connectivity index (χ2v) is 7.96. The molecule has 0 fully saturated rings. The van der Waals surface area contributed by atoms with E-state index in [1.807, 2.05) is 0 Å². The van der Waals surface area contributed by atoms with Crippen molar-refractivity contribution >= 4 is 19.2 Å². The average molecular weight is 318 g/mol. The second-order valence-electron chi connectivity index (χ2n) is 6.56. The topological polar surface area (TPSA) is 0 Å². The highest BCUT2D eigenvalue weighted by atomic mass is 31.1. The third kappa shape index (κ3) is 3.71. The quantitative estimate of drug-likeness (QED) is 0.597. The Kier molecular flexibility index (Phi) is 4.64. The zero-order valence-electron chi connectivity index (χ0n) is 14.0. The van der Waals surface area contributed by atoms with Crippen LogP contribution in [0, 0.1) is 6.92 Å². The van der Waals surface area contributed by atoms with Crippen molar-refractivity contribution in [3.8, 4) is 0 Å². The molecule has 3 rings (SSSR count). The highest BCUT2D eigenvalue weighted by molar-refractivity contribution is 7.55. The van der Waals surface area contributed by atoms with E-state index in [0.29, 0.717) is 0 Å². The first-order valence-corrected chi connectivity index (χ1v) is 9.05. The molecule has 0 N–H and O–H groups in total. The standard InChI is InChI=1S/C22H23P/c1-17-9-13-20(14-10-17)23-21-15-11-19(12-16-21)22(2,3)18-7-5-4-6-8-18/h4-16,23H,1-3H3. The molecule has 3 aromatic carbocycles. The number of benzene rings is 3. The lowest BCUT2D eigenvalue weighted by atomic mass is 9.78. The Morgan fingerprint density at radius 1 is 0.609 bits per heavy atom. The summed E-state index contributed by atoms with van der Waals surface area (Å²) in [5, 5.41) is 2.78. The van der Waals surface area contributed by atoms with Crippen molar-refractivity contribution in [3.63, 3.8) is 0 Å². The molecule has 0 radical (unpaired) electrons. The lowest BCUT2D eigenvalue weighted by molar-refractivity contribution is 0.641. The highest BCUT2D eigenvalue weighted by Crippen LogP contribution is 2.31. The van der Waals surface area contributed by atoms with Gasteiger partial charge in [-0.05, 0) is 28.7 Å². The van der Waals surface area contributed by atoms with Gasteiger partial charge in [-0.3, -0.25) is 0 Å². The summed E-state index contributed by atoms with van der Waals surface area (Å²) >= 11 is 0. The van der Waals surface area contributed by atoms with Gasteiger partial charge in [0, 0.05) is 5.41 Å². The van der Waals surface area contributed by atoms with Crippen molar-refractivity contribution in [1.82, 2.24) is 0 Å². The normalized spacial score (nSPS) is 12.0. The fourth-order valence-electron chi connectivity index (χ4n) is 2.80. The molecule has 0 aromatic heterocycles. The van der Waals surface area contributed by atoms with E-state index in [-0.39, 0.29) is 5.41 Å². The molecule has 0 aliphatic heterocycles. The molecule has 0 spiro atoms. The third-order valence-corrected chi connectivity index (χ3v) is 5.69. The summed E-state index contributed by atoms with van der Waals surface area (Å²) < 4.78 is 0. The minimum absolute atomic E-state index is 0.0345. The average Bonchev–Trinajstić information content (AvgIpc) is 2.58. The molecular formula is C22H23P. The van der Waals surface area contributed by atoms with Gasteiger partial charge in [0.2, 0.25) is 0 Å². The van der Waals surface area contributed by atoms with Crippen molar-refractivity contribution in [2.45, 2.75) is 26.2 Å². The number of hydrogen-bond acceptors (Lipinski definition) is 0. The fraction of sp³-hybridized carbons (Fsp3) is 0.182. The first-order chi connectivity index (χ1) is 11.1. The zero-order chi connectivity index (χ0) is 16.3. The molecule has 0 bridgehead atoms. The summed E-state index contributed by atoms with van der Waals surface area (Å²) in [4.78, 5) is 0. The van der Waals surface area contributed by atoms with E-state index in [1.165, 1.54) is 27.3 Å². The second kappa shape index (κ2) is 6.69. The lowest BCUT2D eigenvalue weighted by Gasteiger charge is -2.26. The van der Waals surface area contributed by atoms with Gasteiger partial charge in [-0.25, -0.2) is 0 Å². The van der Waals surface area contributed by atoms with E-state index in [1.54, 1.807) is 0 Å². The zero-order valence-corrected chi connectivity index (χ0v) is 15.0. The monoisotopic (exact) mass is 318 g/mol. The summed E-state index contributed by atoms with van der Waals surface area (Å²) in [6.45, 7) is 6.71. The molecular weight excluding hydrogens is 295 g/mol. The van der Waals surface area contributed by atoms with Crippen molar-refractivity contribution in [2.75, 3.05) is 0 Å². The van der Waals surface area contributed by atoms with Gasteiger partial charge < -0.3 is 0 Å². The van der Waals surface area contributed by atoms with Gasteiger partial charge in [-0.1, -0.05) is 107 Å². The van der Waals surface area contributed by atoms with Crippen LogP contribution in [0.15, 0.2) is 78.9 Å². The summed E-state index contributed by atoms with van der Waals surface area (Å²) in [6.07, 6.45) is 0. The van der Waals surface area contributed by atoms with Gasteiger partial charge in [0.15, 0.2) is 0 Å². The predicted molar refractivity (Wildman–Crippen MR) is 104 cm³/mol. The minimum Gasteiger partial charge on any atom is -0.0622 e. The SMILES string of the molecule is Cc1ccc(Pc2ccc(C(C)(C)c3ccccc3)cc2)cc1. The fourth-order valence-corrected chi connectivity index (χ4v) is 3.80. The van der Waals surface area contributed by atoms with E-state index in [2.05, 4.69) is 99.6 Å². The first kappa shape index (κ1) is 16.0. The highest BCUT2D eigenvalue weighted by Gasteiger charge is 2.22. The van der Waals surface area contributed by atoms with Crippen molar-refractivity contribution in [2.24, 2.45) is 0 Å². The van der Waals surface area contributed by atoms with Crippen LogP contribution in [-0.2, 0) is 5.41 Å². The van der Waals surface area contributed by atoms with Crippen LogP contribution in [0.25, 0.3) is 0 Å². The molecule has 1 heteroatoms. The Bertz CT molecular complexity index is 753. The Morgan fingerprint density at radius 2 is 1.09 bits per heavy atom. The molecule has 0 amide bonds. The summed E-state index contributed by atoms with van der Waals surface area (Å²) in [7, 11) is 0.719. The Labute approximate surface area is 141 Å². The lowest BCUT2D eigenvalue weighted by Crippen LogP contribution is -2.19. The summed E-state index contributed by atoms with van der Waals surface area (Å²) in [5.74, 6) is 0. The van der Waals surface area contributed by atoms with E-state index >= 15 is 0 Å². The maximum absolute atomic E-state index is 2.29. The van der Waals surface area contributed by atoms with Crippen LogP contribution in [0.1, 0.15) is 30.5 Å². The maximum atomic E-state index is 2.29. The molecule has 23 heavy (non-hydrogen) atoms. The summed E-state index contributed by atoms with van der Waals surface area (Å²) in [5.41, 5.74) is 4.07. The van der Waals surface area contributed by atoms with E-state index in [9.17, 15) is 0 Å². The third-order valence-electron chi connectivity index (χ3n) is 4.44. The molecule has 0 saturated heterocycles. The van der Waals surface area contributed by atoms with E-state index in [0.717, 1.165) is 8.58 Å². The van der Waals surface area contributed by atoms with Crippen LogP contribution in [-0.4, -0.2) is 0 Å². The van der Waals surface area contributed by atoms with E-state index < -0.39 is 0 Å². The van der Waals surface area contributed by atoms with Crippen molar-refractivity contribution < 1.29 is 0 Å². The number of aryl methyl sites for hydroxylation is 1. The first-order valence-electron chi connectivity index (χ1n) is 8.05. The van der Waals surface area contributed by atoms with Gasteiger partial charge in [0.1, 0.15) is 0 Å². The van der Waals surface area contributed by atoms with Crippen LogP contribution in [0.5, 0.6) is 0 Å². The predicted octanol–water partition coefficient (Wildman–Crippen LogP) is 4.95. The molecule has 1 atom stereocenters. The largest absolute Gasteiger partial charge is 0.0622 e. The summed E-state index contributed by atoms with van der Waals surface area (Å²) in [6, 6.07) is 28.7. The van der Waals surface area contributed by atoms with Crippen molar-refractivity contribution in [3.05, 3.63) is 95.6 Å². The molecule has 116 valence electrons. The van der Waals surface area contributed by atoms with Gasteiger partial charge in [-0.15, -0.1) is 0 Å². The molecule has 0 nitrogen and oxygen atoms in total. The van der Waals surface area contributed by atoms with Gasteiger partial charge in [-0.2, -0.15) is 0 Å². The molecule has 3 aromatic rings. The van der Waals surface area contributed by atoms with Crippen molar-refractivity contribution in [1.29, 1.82) is 0 Å². The van der Waals surface area contributed by atoms with Gasteiger partial charge in [0.05, 0.1) is 0 Å². The van der Waals surface area contributed by atoms with Crippen LogP contribution < -0.4 is 10.6 Å². The van der Waals surface area contributed by atoms with Crippen LogP contribution in [0.4, 0.5) is 0 Å². The minimum atomic E-state index is 0.0345. The van der Waals surface area contributed by atoms with Gasteiger partial charge in [0.25, 0.3) is 0 Å². The molecule has 0 aliphatic carbocycles. The smallest absolute Gasteiger partial charge is 0.0146 e. The Balaban J connectivity index is 1.80.